The fourth-order valence-corrected chi connectivity index (χ4v) is 3.82. The molecule has 0 radical (unpaired) electrons. The lowest BCUT2D eigenvalue weighted by atomic mass is 9.94. The molecule has 2 heterocycles. The van der Waals surface area contributed by atoms with Crippen molar-refractivity contribution in [2.45, 2.75) is 52.1 Å². The quantitative estimate of drug-likeness (QED) is 0.815. The summed E-state index contributed by atoms with van der Waals surface area (Å²) >= 11 is 0. The Balaban J connectivity index is 1.48. The molecule has 2 aliphatic heterocycles. The Morgan fingerprint density at radius 2 is 1.86 bits per heavy atom. The number of nitrogens with zero attached hydrogens (tertiary/aromatic N) is 1. The zero-order valence-electron chi connectivity index (χ0n) is 17.3. The van der Waals surface area contributed by atoms with Gasteiger partial charge >= 0.3 is 0 Å². The van der Waals surface area contributed by atoms with Gasteiger partial charge in [0.2, 0.25) is 11.8 Å². The van der Waals surface area contributed by atoms with Crippen molar-refractivity contribution in [1.82, 2.24) is 10.2 Å². The Bertz CT molecular complexity index is 685. The molecule has 2 amide bonds. The second-order valence-corrected chi connectivity index (χ2v) is 9.04. The molecule has 0 bridgehead atoms. The number of carbonyl (C=O) groups is 2. The predicted octanol–water partition coefficient (Wildman–Crippen LogP) is 2.79. The minimum Gasteiger partial charge on any atom is -0.381 e. The Morgan fingerprint density at radius 1 is 1.11 bits per heavy atom. The number of nitrogens with one attached hydrogen (secondary N) is 2. The van der Waals surface area contributed by atoms with E-state index in [0.717, 1.165) is 44.6 Å². The smallest absolute Gasteiger partial charge is 0.229 e. The number of benzene rings is 1. The van der Waals surface area contributed by atoms with Crippen molar-refractivity contribution in [2.75, 3.05) is 31.6 Å². The van der Waals surface area contributed by atoms with E-state index in [1.54, 1.807) is 0 Å². The molecule has 0 saturated carbocycles. The fourth-order valence-electron chi connectivity index (χ4n) is 3.82. The average Bonchev–Trinajstić information content (AvgIpc) is 3.16. The number of carbonyl (C=O) groups excluding carboxylic acids is 2. The van der Waals surface area contributed by atoms with Crippen LogP contribution in [0.3, 0.4) is 0 Å². The van der Waals surface area contributed by atoms with E-state index < -0.39 is 0 Å². The van der Waals surface area contributed by atoms with E-state index in [-0.39, 0.29) is 29.2 Å². The van der Waals surface area contributed by atoms with E-state index in [4.69, 9.17) is 4.74 Å². The summed E-state index contributed by atoms with van der Waals surface area (Å²) in [5.41, 5.74) is 1.84. The molecule has 28 heavy (non-hydrogen) atoms. The van der Waals surface area contributed by atoms with E-state index in [9.17, 15) is 9.59 Å². The zero-order chi connectivity index (χ0) is 20.1. The first kappa shape index (κ1) is 20.8. The molecule has 0 spiro atoms. The molecular weight excluding hydrogens is 354 g/mol. The van der Waals surface area contributed by atoms with Gasteiger partial charge < -0.3 is 15.4 Å². The maximum atomic E-state index is 12.4. The molecule has 1 aromatic carbocycles. The number of anilines is 1. The van der Waals surface area contributed by atoms with Gasteiger partial charge in [-0.15, -0.1) is 0 Å². The molecule has 3 rings (SSSR count). The fraction of sp³-hybridized carbons (Fsp3) is 0.636. The topological polar surface area (TPSA) is 70.7 Å². The van der Waals surface area contributed by atoms with E-state index in [1.165, 1.54) is 5.56 Å². The van der Waals surface area contributed by atoms with Gasteiger partial charge in [0.25, 0.3) is 0 Å². The van der Waals surface area contributed by atoms with Crippen LogP contribution in [0.4, 0.5) is 5.69 Å². The van der Waals surface area contributed by atoms with Gasteiger partial charge in [-0.1, -0.05) is 12.1 Å². The van der Waals surface area contributed by atoms with Gasteiger partial charge in [-0.25, -0.2) is 0 Å². The highest BCUT2D eigenvalue weighted by molar-refractivity contribution is 5.92. The summed E-state index contributed by atoms with van der Waals surface area (Å²) in [6, 6.07) is 8.05. The van der Waals surface area contributed by atoms with Crippen molar-refractivity contribution in [3.8, 4) is 0 Å². The van der Waals surface area contributed by atoms with E-state index >= 15 is 0 Å². The van der Waals surface area contributed by atoms with Crippen LogP contribution in [0.1, 0.15) is 45.6 Å². The Hall–Kier alpha value is -1.92. The Kier molecular flexibility index (Phi) is 6.73. The maximum Gasteiger partial charge on any atom is 0.229 e. The van der Waals surface area contributed by atoms with E-state index in [1.807, 2.05) is 39.0 Å². The molecule has 1 unspecified atom stereocenters. The van der Waals surface area contributed by atoms with Crippen LogP contribution in [0.25, 0.3) is 0 Å². The van der Waals surface area contributed by atoms with Crippen molar-refractivity contribution < 1.29 is 14.3 Å². The van der Waals surface area contributed by atoms with Crippen molar-refractivity contribution in [1.29, 1.82) is 0 Å². The molecule has 6 nitrogen and oxygen atoms in total. The zero-order valence-corrected chi connectivity index (χ0v) is 17.3. The third-order valence-electron chi connectivity index (χ3n) is 5.36. The van der Waals surface area contributed by atoms with Crippen LogP contribution in [0.2, 0.25) is 0 Å². The summed E-state index contributed by atoms with van der Waals surface area (Å²) in [4.78, 5) is 27.0. The number of ether oxygens (including phenoxy) is 1. The minimum atomic E-state index is -0.177. The maximum absolute atomic E-state index is 12.4. The molecule has 0 aliphatic carbocycles. The van der Waals surface area contributed by atoms with Crippen LogP contribution in [0.5, 0.6) is 0 Å². The van der Waals surface area contributed by atoms with Crippen molar-refractivity contribution >= 4 is 17.5 Å². The van der Waals surface area contributed by atoms with E-state index in [2.05, 4.69) is 21.6 Å². The van der Waals surface area contributed by atoms with Gasteiger partial charge in [0.15, 0.2) is 0 Å². The molecule has 2 N–H and O–H groups in total. The first-order valence-electron chi connectivity index (χ1n) is 10.3. The first-order valence-corrected chi connectivity index (χ1v) is 10.3. The van der Waals surface area contributed by atoms with Crippen LogP contribution in [0.15, 0.2) is 24.3 Å². The highest BCUT2D eigenvalue weighted by Gasteiger charge is 2.27. The number of piperidine rings is 1. The summed E-state index contributed by atoms with van der Waals surface area (Å²) in [6.45, 7) is 9.91. The highest BCUT2D eigenvalue weighted by Crippen LogP contribution is 2.22. The molecule has 2 aliphatic rings. The third kappa shape index (κ3) is 6.04. The van der Waals surface area contributed by atoms with Gasteiger partial charge in [-0.2, -0.15) is 0 Å². The van der Waals surface area contributed by atoms with Crippen LogP contribution >= 0.6 is 0 Å². The lowest BCUT2D eigenvalue weighted by Gasteiger charge is -2.33. The van der Waals surface area contributed by atoms with Crippen molar-refractivity contribution in [3.05, 3.63) is 29.8 Å². The Morgan fingerprint density at radius 3 is 2.50 bits per heavy atom. The largest absolute Gasteiger partial charge is 0.381 e. The summed E-state index contributed by atoms with van der Waals surface area (Å²) in [5, 5.41) is 6.11. The van der Waals surface area contributed by atoms with Gasteiger partial charge in [-0.3, -0.25) is 14.5 Å². The van der Waals surface area contributed by atoms with Crippen LogP contribution < -0.4 is 10.6 Å². The van der Waals surface area contributed by atoms with Crippen molar-refractivity contribution in [2.24, 2.45) is 11.8 Å². The normalized spacial score (nSPS) is 21.5. The van der Waals surface area contributed by atoms with Crippen LogP contribution in [0, 0.1) is 11.8 Å². The molecular formula is C22H33N3O3. The van der Waals surface area contributed by atoms with Crippen LogP contribution in [-0.2, 0) is 20.9 Å². The number of likely N-dealkylation sites (tertiary alicyclic amines) is 1. The molecule has 2 saturated heterocycles. The van der Waals surface area contributed by atoms with Gasteiger partial charge in [-0.05, 0) is 70.8 Å². The number of amides is 2. The lowest BCUT2D eigenvalue weighted by Crippen LogP contribution is -2.46. The summed E-state index contributed by atoms with van der Waals surface area (Å²) < 4.78 is 5.30. The lowest BCUT2D eigenvalue weighted by molar-refractivity contribution is -0.128. The molecule has 6 heteroatoms. The third-order valence-corrected chi connectivity index (χ3v) is 5.36. The first-order chi connectivity index (χ1) is 13.3. The number of rotatable bonds is 5. The summed E-state index contributed by atoms with van der Waals surface area (Å²) in [5.74, 6) is 0.282. The second kappa shape index (κ2) is 9.05. The SMILES string of the molecule is CC(C)(C)NC(=O)C1CCN(Cc2cccc(NC(=O)C3CCOC3)c2)CC1. The van der Waals surface area contributed by atoms with E-state index in [0.29, 0.717) is 13.2 Å². The molecule has 0 aromatic heterocycles. The highest BCUT2D eigenvalue weighted by atomic mass is 16.5. The monoisotopic (exact) mass is 387 g/mol. The van der Waals surface area contributed by atoms with Gasteiger partial charge in [0.1, 0.15) is 0 Å². The molecule has 1 atom stereocenters. The van der Waals surface area contributed by atoms with Gasteiger partial charge in [0, 0.05) is 30.3 Å². The number of hydrogen-bond acceptors (Lipinski definition) is 4. The van der Waals surface area contributed by atoms with Gasteiger partial charge in [0.05, 0.1) is 12.5 Å². The summed E-state index contributed by atoms with van der Waals surface area (Å²) in [6.07, 6.45) is 2.57. The summed E-state index contributed by atoms with van der Waals surface area (Å²) in [7, 11) is 0. The molecule has 154 valence electrons. The average molecular weight is 388 g/mol. The minimum absolute atomic E-state index is 0.0399. The number of hydrogen-bond donors (Lipinski definition) is 2. The standard InChI is InChI=1S/C22H33N3O3/c1-22(2,3)24-21(27)17-7-10-25(11-8-17)14-16-5-4-6-19(13-16)23-20(26)18-9-12-28-15-18/h4-6,13,17-18H,7-12,14-15H2,1-3H3,(H,23,26)(H,24,27). The Labute approximate surface area is 168 Å². The van der Waals surface area contributed by atoms with Crippen molar-refractivity contribution in [3.63, 3.8) is 0 Å². The van der Waals surface area contributed by atoms with Crippen LogP contribution in [-0.4, -0.2) is 48.6 Å². The molecule has 1 aromatic rings. The second-order valence-electron chi connectivity index (χ2n) is 9.04. The predicted molar refractivity (Wildman–Crippen MR) is 110 cm³/mol. The molecule has 2 fully saturated rings.